The average molecular weight is 349 g/mol. The fourth-order valence-electron chi connectivity index (χ4n) is 2.08. The van der Waals surface area contributed by atoms with Crippen LogP contribution in [-0.2, 0) is 11.3 Å². The third-order valence-electron chi connectivity index (χ3n) is 3.57. The van der Waals surface area contributed by atoms with Crippen molar-refractivity contribution in [3.05, 3.63) is 50.4 Å². The molecule has 23 heavy (non-hydrogen) atoms. The maximum atomic E-state index is 12.4. The number of hydrogen-bond acceptors (Lipinski definition) is 6. The van der Waals surface area contributed by atoms with Gasteiger partial charge in [0.2, 0.25) is 5.91 Å². The Morgan fingerprint density at radius 2 is 2.00 bits per heavy atom. The molecule has 0 saturated heterocycles. The zero-order chi connectivity index (χ0) is 16.4. The molecule has 0 bridgehead atoms. The summed E-state index contributed by atoms with van der Waals surface area (Å²) in [5.74, 6) is -0.189. The second-order valence-corrected chi connectivity index (χ2v) is 6.88. The van der Waals surface area contributed by atoms with Crippen LogP contribution < -0.4 is 5.69 Å². The van der Waals surface area contributed by atoms with E-state index in [1.165, 1.54) is 16.0 Å². The highest BCUT2D eigenvalue weighted by molar-refractivity contribution is 7.12. The Hall–Kier alpha value is -2.26. The van der Waals surface area contributed by atoms with Crippen molar-refractivity contribution in [2.24, 2.45) is 0 Å². The second kappa shape index (κ2) is 6.47. The summed E-state index contributed by atoms with van der Waals surface area (Å²) < 4.78 is 2.28. The number of aromatic nitrogens is 4. The molecule has 7 nitrogen and oxygen atoms in total. The molecular weight excluding hydrogens is 334 g/mol. The first-order valence-electron chi connectivity index (χ1n) is 6.93. The molecule has 0 aliphatic carbocycles. The summed E-state index contributed by atoms with van der Waals surface area (Å²) in [4.78, 5) is 27.4. The van der Waals surface area contributed by atoms with Crippen molar-refractivity contribution in [1.29, 1.82) is 0 Å². The first-order chi connectivity index (χ1) is 11.1. The topological polar surface area (TPSA) is 73.0 Å². The third-order valence-corrected chi connectivity index (χ3v) is 5.45. The van der Waals surface area contributed by atoms with E-state index in [0.717, 1.165) is 9.56 Å². The summed E-state index contributed by atoms with van der Waals surface area (Å²) in [5.41, 5.74) is -0.419. The van der Waals surface area contributed by atoms with Gasteiger partial charge in [0, 0.05) is 11.9 Å². The lowest BCUT2D eigenvalue weighted by Crippen LogP contribution is -2.36. The van der Waals surface area contributed by atoms with Gasteiger partial charge < -0.3 is 4.90 Å². The van der Waals surface area contributed by atoms with E-state index in [1.54, 1.807) is 29.4 Å². The van der Waals surface area contributed by atoms with Gasteiger partial charge in [0.1, 0.15) is 11.5 Å². The summed E-state index contributed by atoms with van der Waals surface area (Å²) in [6.45, 7) is 1.82. The van der Waals surface area contributed by atoms with Crippen molar-refractivity contribution < 1.29 is 4.79 Å². The largest absolute Gasteiger partial charge is 0.369 e. The minimum absolute atomic E-state index is 0.0504. The van der Waals surface area contributed by atoms with E-state index in [-0.39, 0.29) is 18.5 Å². The molecule has 0 aliphatic rings. The van der Waals surface area contributed by atoms with Crippen LogP contribution in [0, 0.1) is 0 Å². The number of carbonyl (C=O) groups excluding carboxylic acids is 1. The van der Waals surface area contributed by atoms with Gasteiger partial charge in [-0.15, -0.1) is 22.7 Å². The fraction of sp³-hybridized carbons (Fsp3) is 0.286. The minimum Gasteiger partial charge on any atom is -0.337 e. The van der Waals surface area contributed by atoms with Gasteiger partial charge in [0.05, 0.1) is 6.04 Å². The predicted octanol–water partition coefficient (Wildman–Crippen LogP) is 1.77. The molecule has 0 fully saturated rings. The van der Waals surface area contributed by atoms with E-state index in [2.05, 4.69) is 10.4 Å². The van der Waals surface area contributed by atoms with Gasteiger partial charge in [-0.1, -0.05) is 6.07 Å². The number of likely N-dealkylation sites (N-methyl/N-ethyl adjacent to an activating group) is 1. The van der Waals surface area contributed by atoms with Gasteiger partial charge in [0.25, 0.3) is 0 Å². The molecule has 0 N–H and O–H groups in total. The normalized spacial score (nSPS) is 12.3. The summed E-state index contributed by atoms with van der Waals surface area (Å²) in [7, 11) is 1.72. The average Bonchev–Trinajstić information content (AvgIpc) is 3.28. The van der Waals surface area contributed by atoms with Crippen LogP contribution in [0.1, 0.15) is 17.8 Å². The molecule has 0 saturated carbocycles. The molecule has 0 aromatic carbocycles. The zero-order valence-electron chi connectivity index (χ0n) is 12.6. The zero-order valence-corrected chi connectivity index (χ0v) is 14.3. The van der Waals surface area contributed by atoms with Crippen LogP contribution in [0.3, 0.4) is 0 Å². The smallest absolute Gasteiger partial charge is 0.337 e. The number of thiophene rings is 2. The van der Waals surface area contributed by atoms with Crippen molar-refractivity contribution in [1.82, 2.24) is 24.7 Å². The lowest BCUT2D eigenvalue weighted by molar-refractivity contribution is -0.132. The van der Waals surface area contributed by atoms with Crippen molar-refractivity contribution in [2.75, 3.05) is 7.05 Å². The third kappa shape index (κ3) is 3.10. The Kier molecular flexibility index (Phi) is 4.39. The van der Waals surface area contributed by atoms with Crippen LogP contribution in [0.5, 0.6) is 0 Å². The van der Waals surface area contributed by atoms with E-state index in [0.29, 0.717) is 5.00 Å². The molecule has 1 atom stereocenters. The quantitative estimate of drug-likeness (QED) is 0.704. The molecular formula is C14H15N5O2S2. The van der Waals surface area contributed by atoms with Gasteiger partial charge in [-0.2, -0.15) is 9.36 Å². The monoisotopic (exact) mass is 349 g/mol. The molecule has 0 aliphatic heterocycles. The molecule has 0 unspecified atom stereocenters. The van der Waals surface area contributed by atoms with Crippen LogP contribution in [-0.4, -0.2) is 37.6 Å². The van der Waals surface area contributed by atoms with Crippen LogP contribution in [0.4, 0.5) is 0 Å². The first kappa shape index (κ1) is 15.6. The summed E-state index contributed by atoms with van der Waals surface area (Å²) >= 11 is 2.98. The van der Waals surface area contributed by atoms with Crippen molar-refractivity contribution in [2.45, 2.75) is 19.5 Å². The van der Waals surface area contributed by atoms with Gasteiger partial charge in [-0.25, -0.2) is 4.79 Å². The van der Waals surface area contributed by atoms with Crippen LogP contribution in [0.15, 0.2) is 39.8 Å². The Balaban J connectivity index is 1.75. The summed E-state index contributed by atoms with van der Waals surface area (Å²) in [6, 6.07) is 7.49. The van der Waals surface area contributed by atoms with Crippen LogP contribution in [0.2, 0.25) is 0 Å². The highest BCUT2D eigenvalue weighted by atomic mass is 32.1. The lowest BCUT2D eigenvalue weighted by atomic mass is 10.2. The van der Waals surface area contributed by atoms with Gasteiger partial charge >= 0.3 is 5.69 Å². The van der Waals surface area contributed by atoms with Crippen LogP contribution >= 0.6 is 22.7 Å². The molecule has 0 radical (unpaired) electrons. The van der Waals surface area contributed by atoms with Gasteiger partial charge in [0.15, 0.2) is 0 Å². The standard InChI is InChI=1S/C14H15N5O2S2/c1-10(11-5-3-7-22-11)17(2)12(20)9-18-14(21)19(16-15-18)13-6-4-8-23-13/h3-8,10H,9H2,1-2H3/t10-/m0/s1. The highest BCUT2D eigenvalue weighted by Crippen LogP contribution is 2.23. The number of tetrazole rings is 1. The molecule has 3 aromatic heterocycles. The maximum absolute atomic E-state index is 12.4. The minimum atomic E-state index is -0.419. The number of rotatable bonds is 5. The molecule has 1 amide bonds. The van der Waals surface area contributed by atoms with E-state index in [1.807, 2.05) is 35.9 Å². The van der Waals surface area contributed by atoms with Gasteiger partial charge in [-0.05, 0) is 46.3 Å². The second-order valence-electron chi connectivity index (χ2n) is 4.98. The van der Waals surface area contributed by atoms with E-state index in [9.17, 15) is 9.59 Å². The molecule has 3 aromatic rings. The molecule has 9 heteroatoms. The SMILES string of the molecule is C[C@@H](c1cccs1)N(C)C(=O)Cn1nnn(-c2cccs2)c1=O. The Bertz CT molecular complexity index is 835. The molecule has 3 rings (SSSR count). The van der Waals surface area contributed by atoms with E-state index >= 15 is 0 Å². The van der Waals surface area contributed by atoms with Crippen molar-refractivity contribution in [3.63, 3.8) is 0 Å². The molecule has 0 spiro atoms. The van der Waals surface area contributed by atoms with E-state index in [4.69, 9.17) is 0 Å². The van der Waals surface area contributed by atoms with Crippen molar-refractivity contribution in [3.8, 4) is 5.00 Å². The van der Waals surface area contributed by atoms with Crippen molar-refractivity contribution >= 4 is 28.6 Å². The maximum Gasteiger partial charge on any atom is 0.369 e. The molecule has 120 valence electrons. The summed E-state index contributed by atoms with van der Waals surface area (Å²) in [5, 5.41) is 12.1. The molecule has 3 heterocycles. The summed E-state index contributed by atoms with van der Waals surface area (Å²) in [6.07, 6.45) is 0. The van der Waals surface area contributed by atoms with Crippen LogP contribution in [0.25, 0.3) is 5.00 Å². The predicted molar refractivity (Wildman–Crippen MR) is 89.0 cm³/mol. The Labute approximate surface area is 140 Å². The number of carbonyl (C=O) groups is 1. The lowest BCUT2D eigenvalue weighted by Gasteiger charge is -2.23. The number of nitrogens with zero attached hydrogens (tertiary/aromatic N) is 5. The number of amides is 1. The van der Waals surface area contributed by atoms with E-state index < -0.39 is 5.69 Å². The number of hydrogen-bond donors (Lipinski definition) is 0. The fourth-order valence-corrected chi connectivity index (χ4v) is 3.57. The highest BCUT2D eigenvalue weighted by Gasteiger charge is 2.20. The Morgan fingerprint density at radius 3 is 2.65 bits per heavy atom. The Morgan fingerprint density at radius 1 is 1.26 bits per heavy atom. The first-order valence-corrected chi connectivity index (χ1v) is 8.69. The van der Waals surface area contributed by atoms with Gasteiger partial charge in [-0.3, -0.25) is 4.79 Å².